The highest BCUT2D eigenvalue weighted by molar-refractivity contribution is 5.95. The van der Waals surface area contributed by atoms with Crippen molar-refractivity contribution in [3.8, 4) is 11.5 Å². The first kappa shape index (κ1) is 11.7. The van der Waals surface area contributed by atoms with Crippen LogP contribution in [0.4, 0.5) is 0 Å². The molecule has 1 heterocycles. The van der Waals surface area contributed by atoms with Crippen LogP contribution in [-0.4, -0.2) is 26.8 Å². The summed E-state index contributed by atoms with van der Waals surface area (Å²) in [6, 6.07) is 3.32. The molecule has 1 aliphatic heterocycles. The minimum absolute atomic E-state index is 0.403. The van der Waals surface area contributed by atoms with E-state index in [1.807, 2.05) is 6.92 Å². The van der Waals surface area contributed by atoms with Crippen molar-refractivity contribution in [1.29, 1.82) is 0 Å². The quantitative estimate of drug-likeness (QED) is 0.750. The van der Waals surface area contributed by atoms with E-state index >= 15 is 0 Å². The van der Waals surface area contributed by atoms with Crippen molar-refractivity contribution in [2.24, 2.45) is 0 Å². The molecule has 0 fully saturated rings. The van der Waals surface area contributed by atoms with E-state index in [-0.39, 0.29) is 0 Å². The zero-order valence-corrected chi connectivity index (χ0v) is 9.98. The second-order valence-electron chi connectivity index (χ2n) is 3.45. The standard InChI is InChI=1S/C12H14O5/c1-4-16-12-9-7(11(13)17-12)5-6-8(14-2)10(9)15-3/h5-6,12H,4H2,1-3H3. The number of rotatable bonds is 4. The Labute approximate surface area is 99.2 Å². The second-order valence-corrected chi connectivity index (χ2v) is 3.45. The zero-order chi connectivity index (χ0) is 12.4. The molecule has 92 valence electrons. The molecule has 2 rings (SSSR count). The Morgan fingerprint density at radius 3 is 2.65 bits per heavy atom. The van der Waals surface area contributed by atoms with E-state index in [0.29, 0.717) is 29.2 Å². The van der Waals surface area contributed by atoms with Crippen LogP contribution in [0.3, 0.4) is 0 Å². The van der Waals surface area contributed by atoms with E-state index < -0.39 is 12.3 Å². The Morgan fingerprint density at radius 2 is 2.06 bits per heavy atom. The number of fused-ring (bicyclic) bond motifs is 1. The molecule has 0 aromatic heterocycles. The number of carbonyl (C=O) groups excluding carboxylic acids is 1. The maximum atomic E-state index is 11.6. The number of hydrogen-bond acceptors (Lipinski definition) is 5. The number of carbonyl (C=O) groups is 1. The van der Waals surface area contributed by atoms with Gasteiger partial charge in [0.25, 0.3) is 0 Å². The molecule has 0 saturated carbocycles. The van der Waals surface area contributed by atoms with Gasteiger partial charge in [-0.3, -0.25) is 0 Å². The Balaban J connectivity index is 2.54. The van der Waals surface area contributed by atoms with Gasteiger partial charge in [-0.05, 0) is 19.1 Å². The number of esters is 1. The lowest BCUT2D eigenvalue weighted by Gasteiger charge is -2.15. The summed E-state index contributed by atoms with van der Waals surface area (Å²) in [5, 5.41) is 0. The topological polar surface area (TPSA) is 54.0 Å². The molecule has 1 atom stereocenters. The van der Waals surface area contributed by atoms with Gasteiger partial charge in [0.2, 0.25) is 6.29 Å². The molecule has 1 aromatic rings. The minimum atomic E-state index is -0.715. The average molecular weight is 238 g/mol. The molecule has 1 aromatic carbocycles. The van der Waals surface area contributed by atoms with Crippen molar-refractivity contribution >= 4 is 5.97 Å². The van der Waals surface area contributed by atoms with E-state index in [2.05, 4.69) is 0 Å². The molecule has 0 amide bonds. The molecular weight excluding hydrogens is 224 g/mol. The fourth-order valence-electron chi connectivity index (χ4n) is 1.85. The van der Waals surface area contributed by atoms with Crippen LogP contribution in [0.15, 0.2) is 12.1 Å². The number of cyclic esters (lactones) is 1. The zero-order valence-electron chi connectivity index (χ0n) is 9.98. The van der Waals surface area contributed by atoms with Crippen LogP contribution in [0, 0.1) is 0 Å². The van der Waals surface area contributed by atoms with Crippen LogP contribution >= 0.6 is 0 Å². The lowest BCUT2D eigenvalue weighted by molar-refractivity contribution is -0.100. The van der Waals surface area contributed by atoms with Crippen molar-refractivity contribution in [3.63, 3.8) is 0 Å². The van der Waals surface area contributed by atoms with Crippen LogP contribution in [0.1, 0.15) is 29.1 Å². The lowest BCUT2D eigenvalue weighted by Crippen LogP contribution is -2.05. The smallest absolute Gasteiger partial charge is 0.341 e. The Kier molecular flexibility index (Phi) is 3.19. The highest BCUT2D eigenvalue weighted by Gasteiger charge is 2.36. The summed E-state index contributed by atoms with van der Waals surface area (Å²) < 4.78 is 20.9. The van der Waals surface area contributed by atoms with Gasteiger partial charge in [-0.15, -0.1) is 0 Å². The van der Waals surface area contributed by atoms with Crippen LogP contribution < -0.4 is 9.47 Å². The molecule has 0 bridgehead atoms. The van der Waals surface area contributed by atoms with E-state index in [0.717, 1.165) is 0 Å². The maximum Gasteiger partial charge on any atom is 0.341 e. The van der Waals surface area contributed by atoms with Gasteiger partial charge < -0.3 is 18.9 Å². The highest BCUT2D eigenvalue weighted by atomic mass is 16.7. The Morgan fingerprint density at radius 1 is 1.29 bits per heavy atom. The van der Waals surface area contributed by atoms with E-state index in [4.69, 9.17) is 18.9 Å². The summed E-state index contributed by atoms with van der Waals surface area (Å²) in [5.74, 6) is 0.628. The molecule has 0 N–H and O–H groups in total. The van der Waals surface area contributed by atoms with Crippen molar-refractivity contribution in [2.45, 2.75) is 13.2 Å². The minimum Gasteiger partial charge on any atom is -0.493 e. The van der Waals surface area contributed by atoms with Gasteiger partial charge in [0.05, 0.1) is 25.3 Å². The number of hydrogen-bond donors (Lipinski definition) is 0. The van der Waals surface area contributed by atoms with Gasteiger partial charge in [-0.25, -0.2) is 4.79 Å². The summed E-state index contributed by atoms with van der Waals surface area (Å²) in [6.07, 6.45) is -0.715. The molecule has 5 nitrogen and oxygen atoms in total. The first-order valence-corrected chi connectivity index (χ1v) is 5.30. The molecule has 1 aliphatic rings. The van der Waals surface area contributed by atoms with Gasteiger partial charge in [0.15, 0.2) is 11.5 Å². The SMILES string of the molecule is CCOC1OC(=O)c2ccc(OC)c(OC)c21. The summed E-state index contributed by atoms with van der Waals surface area (Å²) in [6.45, 7) is 2.27. The third-order valence-corrected chi connectivity index (χ3v) is 2.57. The van der Waals surface area contributed by atoms with Crippen LogP contribution in [0.2, 0.25) is 0 Å². The van der Waals surface area contributed by atoms with Gasteiger partial charge in [0, 0.05) is 6.61 Å². The lowest BCUT2D eigenvalue weighted by atomic mass is 10.1. The monoisotopic (exact) mass is 238 g/mol. The van der Waals surface area contributed by atoms with E-state index in [1.165, 1.54) is 14.2 Å². The predicted octanol–water partition coefficient (Wildman–Crippen LogP) is 1.91. The Hall–Kier alpha value is -1.75. The Bertz CT molecular complexity index is 441. The largest absolute Gasteiger partial charge is 0.493 e. The van der Waals surface area contributed by atoms with Crippen molar-refractivity contribution in [1.82, 2.24) is 0 Å². The first-order chi connectivity index (χ1) is 8.22. The van der Waals surface area contributed by atoms with Gasteiger partial charge in [-0.1, -0.05) is 0 Å². The van der Waals surface area contributed by atoms with Gasteiger partial charge in [-0.2, -0.15) is 0 Å². The molecule has 0 saturated heterocycles. The number of ether oxygens (including phenoxy) is 4. The van der Waals surface area contributed by atoms with Crippen LogP contribution in [0.5, 0.6) is 11.5 Å². The summed E-state index contributed by atoms with van der Waals surface area (Å²) in [4.78, 5) is 11.6. The third-order valence-electron chi connectivity index (χ3n) is 2.57. The van der Waals surface area contributed by atoms with Crippen LogP contribution in [-0.2, 0) is 9.47 Å². The summed E-state index contributed by atoms with van der Waals surface area (Å²) >= 11 is 0. The first-order valence-electron chi connectivity index (χ1n) is 5.30. The van der Waals surface area contributed by atoms with E-state index in [9.17, 15) is 4.79 Å². The summed E-state index contributed by atoms with van der Waals surface area (Å²) in [7, 11) is 3.06. The van der Waals surface area contributed by atoms with Crippen LogP contribution in [0.25, 0.3) is 0 Å². The average Bonchev–Trinajstić information content (AvgIpc) is 2.66. The molecule has 5 heteroatoms. The van der Waals surface area contributed by atoms with Gasteiger partial charge >= 0.3 is 5.97 Å². The van der Waals surface area contributed by atoms with Gasteiger partial charge in [0.1, 0.15) is 0 Å². The fourth-order valence-corrected chi connectivity index (χ4v) is 1.85. The molecule has 0 aliphatic carbocycles. The third kappa shape index (κ3) is 1.82. The van der Waals surface area contributed by atoms with Crippen molar-refractivity contribution in [2.75, 3.05) is 20.8 Å². The molecular formula is C12H14O5. The molecule has 17 heavy (non-hydrogen) atoms. The molecule has 0 spiro atoms. The van der Waals surface area contributed by atoms with Crippen molar-refractivity contribution < 1.29 is 23.7 Å². The predicted molar refractivity (Wildman–Crippen MR) is 59.3 cm³/mol. The number of methoxy groups -OCH3 is 2. The van der Waals surface area contributed by atoms with E-state index in [1.54, 1.807) is 12.1 Å². The maximum absolute atomic E-state index is 11.6. The number of benzene rings is 1. The normalized spacial score (nSPS) is 17.6. The summed E-state index contributed by atoms with van der Waals surface area (Å²) in [5.41, 5.74) is 1.06. The second kappa shape index (κ2) is 4.63. The molecule has 1 unspecified atom stereocenters. The van der Waals surface area contributed by atoms with Crippen molar-refractivity contribution in [3.05, 3.63) is 23.3 Å². The molecule has 0 radical (unpaired) electrons. The fraction of sp³-hybridized carbons (Fsp3) is 0.417. The highest BCUT2D eigenvalue weighted by Crippen LogP contribution is 2.43.